The Morgan fingerprint density at radius 3 is 2.23 bits per heavy atom. The second-order valence-corrected chi connectivity index (χ2v) is 8.31. The average Bonchev–Trinajstić information content (AvgIpc) is 2.80. The summed E-state index contributed by atoms with van der Waals surface area (Å²) >= 11 is 0. The molecule has 0 atom stereocenters. The smallest absolute Gasteiger partial charge is 0.416 e. The van der Waals surface area contributed by atoms with Gasteiger partial charge in [-0.2, -0.15) is 13.2 Å². The molecule has 0 amide bonds. The molecule has 31 heavy (non-hydrogen) atoms. The third kappa shape index (κ3) is 5.92. The summed E-state index contributed by atoms with van der Waals surface area (Å²) in [5.74, 6) is 0.913. The van der Waals surface area contributed by atoms with Crippen molar-refractivity contribution in [3.05, 3.63) is 60.2 Å². The Hall–Kier alpha value is -2.25. The molecule has 2 saturated heterocycles. The molecule has 0 radical (unpaired) electrons. The lowest BCUT2D eigenvalue weighted by molar-refractivity contribution is -0.137. The van der Waals surface area contributed by atoms with Crippen LogP contribution in [0.3, 0.4) is 0 Å². The van der Waals surface area contributed by atoms with Crippen molar-refractivity contribution >= 4 is 5.69 Å². The molecule has 2 aromatic carbocycles. The molecule has 0 aliphatic carbocycles. The van der Waals surface area contributed by atoms with Gasteiger partial charge in [0.1, 0.15) is 12.4 Å². The zero-order valence-corrected chi connectivity index (χ0v) is 17.7. The number of likely N-dealkylation sites (tertiary alicyclic amines) is 1. The Kier molecular flexibility index (Phi) is 7.02. The minimum absolute atomic E-state index is 0.565. The normalized spacial score (nSPS) is 19.5. The highest BCUT2D eigenvalue weighted by Crippen LogP contribution is 2.32. The fraction of sp³-hybridized carbons (Fsp3) is 0.500. The van der Waals surface area contributed by atoms with Gasteiger partial charge in [-0.15, -0.1) is 0 Å². The van der Waals surface area contributed by atoms with E-state index in [4.69, 9.17) is 4.74 Å². The third-order valence-corrected chi connectivity index (χ3v) is 6.35. The summed E-state index contributed by atoms with van der Waals surface area (Å²) in [6.45, 7) is 7.11. The molecule has 0 N–H and O–H groups in total. The van der Waals surface area contributed by atoms with E-state index in [9.17, 15) is 13.2 Å². The molecule has 2 aliphatic rings. The SMILES string of the molecule is FC(F)(F)c1cccc(N2CCN(C3CCN(CCOc4ccccc4)CC3)CC2)c1. The van der Waals surface area contributed by atoms with Crippen LogP contribution < -0.4 is 9.64 Å². The molecule has 0 spiro atoms. The van der Waals surface area contributed by atoms with Crippen LogP contribution in [0.1, 0.15) is 18.4 Å². The standard InChI is InChI=1S/C24H30F3N3O/c25-24(26,27)20-5-4-6-22(19-20)30-15-13-29(14-16-30)21-9-11-28(12-10-21)17-18-31-23-7-2-1-3-8-23/h1-8,19,21H,9-18H2. The van der Waals surface area contributed by atoms with E-state index in [0.717, 1.165) is 70.5 Å². The van der Waals surface area contributed by atoms with E-state index < -0.39 is 11.7 Å². The predicted molar refractivity (Wildman–Crippen MR) is 117 cm³/mol. The first-order valence-corrected chi connectivity index (χ1v) is 11.1. The van der Waals surface area contributed by atoms with Crippen LogP contribution in [0.25, 0.3) is 0 Å². The molecule has 168 valence electrons. The zero-order valence-electron chi connectivity index (χ0n) is 17.7. The lowest BCUT2D eigenvalue weighted by atomic mass is 10.0. The topological polar surface area (TPSA) is 19.0 Å². The van der Waals surface area contributed by atoms with Crippen LogP contribution in [0, 0.1) is 0 Å². The fourth-order valence-corrected chi connectivity index (χ4v) is 4.54. The summed E-state index contributed by atoms with van der Waals surface area (Å²) in [6.07, 6.45) is -2.03. The quantitative estimate of drug-likeness (QED) is 0.673. The second kappa shape index (κ2) is 9.92. The van der Waals surface area contributed by atoms with Crippen LogP contribution in [0.4, 0.5) is 18.9 Å². The minimum atomic E-state index is -4.29. The van der Waals surface area contributed by atoms with Crippen LogP contribution in [0.2, 0.25) is 0 Å². The number of ether oxygens (including phenoxy) is 1. The zero-order chi connectivity index (χ0) is 21.7. The number of hydrogen-bond donors (Lipinski definition) is 0. The number of benzene rings is 2. The maximum Gasteiger partial charge on any atom is 0.416 e. The molecule has 2 aromatic rings. The lowest BCUT2D eigenvalue weighted by Crippen LogP contribution is -2.53. The molecule has 0 aromatic heterocycles. The van der Waals surface area contributed by atoms with Crippen molar-refractivity contribution < 1.29 is 17.9 Å². The molecule has 4 nitrogen and oxygen atoms in total. The summed E-state index contributed by atoms with van der Waals surface area (Å²) in [7, 11) is 0. The Bertz CT molecular complexity index is 814. The van der Waals surface area contributed by atoms with E-state index in [2.05, 4.69) is 14.7 Å². The highest BCUT2D eigenvalue weighted by molar-refractivity contribution is 5.49. The number of halogens is 3. The van der Waals surface area contributed by atoms with E-state index in [1.165, 1.54) is 12.1 Å². The van der Waals surface area contributed by atoms with Crippen molar-refractivity contribution in [1.29, 1.82) is 0 Å². The van der Waals surface area contributed by atoms with E-state index in [0.29, 0.717) is 18.3 Å². The van der Waals surface area contributed by atoms with Crippen LogP contribution in [0.5, 0.6) is 5.75 Å². The number of piperazine rings is 1. The summed E-state index contributed by atoms with van der Waals surface area (Å²) in [5.41, 5.74) is 0.0961. The summed E-state index contributed by atoms with van der Waals surface area (Å²) < 4.78 is 44.8. The van der Waals surface area contributed by atoms with Crippen molar-refractivity contribution in [3.8, 4) is 5.75 Å². The van der Waals surface area contributed by atoms with Gasteiger partial charge in [0.25, 0.3) is 0 Å². The third-order valence-electron chi connectivity index (χ3n) is 6.35. The van der Waals surface area contributed by atoms with Crippen LogP contribution >= 0.6 is 0 Å². The van der Waals surface area contributed by atoms with Crippen LogP contribution in [0.15, 0.2) is 54.6 Å². The van der Waals surface area contributed by atoms with E-state index >= 15 is 0 Å². The first kappa shape index (κ1) is 22.0. The van der Waals surface area contributed by atoms with E-state index in [1.54, 1.807) is 6.07 Å². The van der Waals surface area contributed by atoms with Crippen molar-refractivity contribution in [2.75, 3.05) is 57.3 Å². The molecular weight excluding hydrogens is 403 g/mol. The maximum atomic E-state index is 13.0. The number of hydrogen-bond acceptors (Lipinski definition) is 4. The van der Waals surface area contributed by atoms with Gasteiger partial charge in [0.2, 0.25) is 0 Å². The van der Waals surface area contributed by atoms with Crippen LogP contribution in [-0.2, 0) is 6.18 Å². The number of alkyl halides is 3. The molecule has 2 heterocycles. The molecule has 2 aliphatic heterocycles. The Morgan fingerprint density at radius 1 is 0.839 bits per heavy atom. The second-order valence-electron chi connectivity index (χ2n) is 8.31. The maximum absolute atomic E-state index is 13.0. The van der Waals surface area contributed by atoms with E-state index in [1.807, 2.05) is 30.3 Å². The summed E-state index contributed by atoms with van der Waals surface area (Å²) in [5, 5.41) is 0. The van der Waals surface area contributed by atoms with Gasteiger partial charge < -0.3 is 9.64 Å². The van der Waals surface area contributed by atoms with Gasteiger partial charge in [0.05, 0.1) is 5.56 Å². The molecule has 2 fully saturated rings. The highest BCUT2D eigenvalue weighted by Gasteiger charge is 2.32. The number of piperidine rings is 1. The van der Waals surface area contributed by atoms with Crippen molar-refractivity contribution in [3.63, 3.8) is 0 Å². The van der Waals surface area contributed by atoms with Gasteiger partial charge in [0, 0.05) is 44.5 Å². The molecular formula is C24H30F3N3O. The number of anilines is 1. The van der Waals surface area contributed by atoms with Gasteiger partial charge in [-0.25, -0.2) is 0 Å². The van der Waals surface area contributed by atoms with Gasteiger partial charge in [-0.3, -0.25) is 9.80 Å². The minimum Gasteiger partial charge on any atom is -0.492 e. The number of para-hydroxylation sites is 1. The van der Waals surface area contributed by atoms with E-state index in [-0.39, 0.29) is 0 Å². The van der Waals surface area contributed by atoms with Gasteiger partial charge >= 0.3 is 6.18 Å². The van der Waals surface area contributed by atoms with Crippen molar-refractivity contribution in [2.45, 2.75) is 25.1 Å². The van der Waals surface area contributed by atoms with Gasteiger partial charge in [-0.05, 0) is 56.3 Å². The Balaban J connectivity index is 1.19. The van der Waals surface area contributed by atoms with Crippen LogP contribution in [-0.4, -0.2) is 68.3 Å². The molecule has 0 saturated carbocycles. The first-order chi connectivity index (χ1) is 15.0. The largest absolute Gasteiger partial charge is 0.492 e. The number of rotatable bonds is 6. The monoisotopic (exact) mass is 433 g/mol. The highest BCUT2D eigenvalue weighted by atomic mass is 19.4. The molecule has 0 unspecified atom stereocenters. The molecule has 7 heteroatoms. The molecule has 0 bridgehead atoms. The predicted octanol–water partition coefficient (Wildman–Crippen LogP) is 4.37. The van der Waals surface area contributed by atoms with Crippen molar-refractivity contribution in [2.24, 2.45) is 0 Å². The lowest BCUT2D eigenvalue weighted by Gasteiger charge is -2.43. The van der Waals surface area contributed by atoms with Gasteiger partial charge in [-0.1, -0.05) is 24.3 Å². The molecule has 4 rings (SSSR count). The number of nitrogens with zero attached hydrogens (tertiary/aromatic N) is 3. The fourth-order valence-electron chi connectivity index (χ4n) is 4.54. The Morgan fingerprint density at radius 2 is 1.55 bits per heavy atom. The first-order valence-electron chi connectivity index (χ1n) is 11.1. The average molecular weight is 434 g/mol. The Labute approximate surface area is 182 Å². The summed E-state index contributed by atoms with van der Waals surface area (Å²) in [6, 6.07) is 16.1. The summed E-state index contributed by atoms with van der Waals surface area (Å²) in [4.78, 5) is 7.04. The van der Waals surface area contributed by atoms with Gasteiger partial charge in [0.15, 0.2) is 0 Å². The van der Waals surface area contributed by atoms with Crippen molar-refractivity contribution in [1.82, 2.24) is 9.80 Å².